The predicted octanol–water partition coefficient (Wildman–Crippen LogP) is -3.72. The number of methoxy groups -OCH3 is 1. The molecule has 0 bridgehead atoms. The molecule has 9 rings (SSSR count). The van der Waals surface area contributed by atoms with Crippen LogP contribution in [-0.2, 0) is 71.5 Å². The first-order valence-electron chi connectivity index (χ1n) is 27.9. The number of hydrogen-bond donors (Lipinski definition) is 9. The van der Waals surface area contributed by atoms with Gasteiger partial charge in [0.05, 0.1) is 43.4 Å². The number of aliphatic hydroxyl groups is 9. The molecule has 5 heterocycles. The number of allylic oxidation sites excluding steroid dienone is 3. The second-order valence-corrected chi connectivity index (χ2v) is 26.4. The van der Waals surface area contributed by atoms with Crippen LogP contribution in [0.1, 0.15) is 106 Å². The van der Waals surface area contributed by atoms with Crippen LogP contribution in [0.4, 0.5) is 0 Å². The van der Waals surface area contributed by atoms with Crippen LogP contribution in [0.2, 0.25) is 0 Å². The first-order valence-corrected chi connectivity index (χ1v) is 29.2. The molecule has 8 fully saturated rings. The van der Waals surface area contributed by atoms with Gasteiger partial charge in [-0.3, -0.25) is 13.8 Å². The van der Waals surface area contributed by atoms with Gasteiger partial charge < -0.3 is 97.9 Å². The van der Waals surface area contributed by atoms with E-state index in [1.54, 1.807) is 0 Å². The molecule has 27 atom stereocenters. The van der Waals surface area contributed by atoms with Crippen LogP contribution in [-0.4, -0.2) is 226 Å². The van der Waals surface area contributed by atoms with Gasteiger partial charge in [-0.15, -0.1) is 6.58 Å². The quantitative estimate of drug-likeness (QED) is 0.0169. The van der Waals surface area contributed by atoms with Crippen molar-refractivity contribution in [1.29, 1.82) is 0 Å². The normalized spacial score (nSPS) is 49.6. The molecule has 0 aromatic carbocycles. The molecule has 9 N–H and O–H groups in total. The Hall–Kier alpha value is -1.23. The number of cyclic esters (lactones) is 1. The Bertz CT molecular complexity index is 2430. The Morgan fingerprint density at radius 2 is 1.40 bits per heavy atom. The standard InChI is InChI=1S/C54H84O25S.Na/c1-23(2)11-10-16-53(8)44-27(56)19-52(7)26-12-13-31-50(4,5)32(15-17-51(31,6)25(26)14-18-54(44,52)49(65)79-53)75-48-43(33(58)28(57)21-70-48)78-45-37(62)36(61)40(24(3)72-45)76-47-39(64)42(34(59)29(20-55)73-47)77-46-38(63)41(69-9)35(60)30(74-46)22-71-80(66,67)68;/h14,24,26,28-48,55,57-64H,1,10-13,15-22H2,2-9H3,(H,66,67,68);/q;+1/p-1/t24?,26?,28?,29?,30?,31?,32?,33?,34?,35?,36?,37?,38?,39?,40?,41?,42?,43?,44?,45?,46?,47?,48?,51-,52+,53+,54?;/m1./s1. The van der Waals surface area contributed by atoms with Crippen LogP contribution < -0.4 is 29.6 Å². The maximum atomic E-state index is 14.4. The van der Waals surface area contributed by atoms with E-state index in [2.05, 4.69) is 44.5 Å². The van der Waals surface area contributed by atoms with Crippen molar-refractivity contribution in [3.63, 3.8) is 0 Å². The minimum atomic E-state index is -5.27. The van der Waals surface area contributed by atoms with Crippen molar-refractivity contribution in [2.24, 2.45) is 39.4 Å². The van der Waals surface area contributed by atoms with E-state index in [0.717, 1.165) is 38.4 Å². The summed E-state index contributed by atoms with van der Waals surface area (Å²) in [6.45, 7) is 15.8. The van der Waals surface area contributed by atoms with Crippen LogP contribution >= 0.6 is 0 Å². The van der Waals surface area contributed by atoms with Crippen LogP contribution in [0.3, 0.4) is 0 Å². The number of esters is 1. The zero-order chi connectivity index (χ0) is 58.6. The number of ketones is 1. The monoisotopic (exact) mass is 1190 g/mol. The van der Waals surface area contributed by atoms with E-state index in [0.29, 0.717) is 32.1 Å². The second kappa shape index (κ2) is 24.4. The van der Waals surface area contributed by atoms with E-state index in [1.165, 1.54) is 12.5 Å². The molecule has 1 spiro atoms. The molecule has 5 aliphatic heterocycles. The number of fused-ring (bicyclic) bond motifs is 4. The first-order chi connectivity index (χ1) is 37.4. The molecule has 456 valence electrons. The Morgan fingerprint density at radius 1 is 0.778 bits per heavy atom. The summed E-state index contributed by atoms with van der Waals surface area (Å²) in [4.78, 5) is 28.7. The fourth-order valence-electron chi connectivity index (χ4n) is 16.0. The van der Waals surface area contributed by atoms with E-state index in [4.69, 9.17) is 47.4 Å². The minimum absolute atomic E-state index is 0. The molecule has 3 saturated carbocycles. The van der Waals surface area contributed by atoms with Gasteiger partial charge in [-0.2, -0.15) is 0 Å². The van der Waals surface area contributed by atoms with Gasteiger partial charge in [0.15, 0.2) is 25.2 Å². The van der Waals surface area contributed by atoms with Crippen LogP contribution in [0.15, 0.2) is 23.8 Å². The topological polar surface area (TPSA) is 375 Å². The molecule has 81 heavy (non-hydrogen) atoms. The summed E-state index contributed by atoms with van der Waals surface area (Å²) in [6.07, 6.45) is -24.8. The van der Waals surface area contributed by atoms with Gasteiger partial charge >= 0.3 is 35.5 Å². The van der Waals surface area contributed by atoms with Crippen molar-refractivity contribution < 1.29 is 150 Å². The van der Waals surface area contributed by atoms with Crippen molar-refractivity contribution in [2.45, 2.75) is 235 Å². The molecular weight excluding hydrogens is 1100 g/mol. The van der Waals surface area contributed by atoms with Crippen LogP contribution in [0.5, 0.6) is 0 Å². The van der Waals surface area contributed by atoms with E-state index in [1.807, 2.05) is 13.8 Å². The molecule has 5 saturated heterocycles. The zero-order valence-corrected chi connectivity index (χ0v) is 50.3. The average molecular weight is 1190 g/mol. The van der Waals surface area contributed by atoms with Gasteiger partial charge in [0.25, 0.3) is 0 Å². The zero-order valence-electron chi connectivity index (χ0n) is 47.5. The minimum Gasteiger partial charge on any atom is -0.726 e. The summed E-state index contributed by atoms with van der Waals surface area (Å²) in [5.74, 6) is -0.688. The molecule has 0 amide bonds. The Labute approximate surface area is 494 Å². The molecule has 0 aromatic rings. The molecule has 27 heteroatoms. The Balaban J connectivity index is 0.00000860. The van der Waals surface area contributed by atoms with Crippen molar-refractivity contribution >= 4 is 22.2 Å². The number of Topliss-reactive ketones (excluding diaryl/α,β-unsaturated/α-hetero) is 1. The number of rotatable bonds is 17. The first kappa shape index (κ1) is 65.7. The van der Waals surface area contributed by atoms with E-state index in [9.17, 15) is 68.5 Å². The number of hydrogen-bond acceptors (Lipinski definition) is 25. The molecule has 9 aliphatic rings. The van der Waals surface area contributed by atoms with Crippen LogP contribution in [0, 0.1) is 39.4 Å². The average Bonchev–Trinajstić information content (AvgIpc) is 3.93. The third kappa shape index (κ3) is 11.5. The second-order valence-electron chi connectivity index (χ2n) is 25.3. The summed E-state index contributed by atoms with van der Waals surface area (Å²) in [7, 11) is -4.18. The van der Waals surface area contributed by atoms with Gasteiger partial charge in [0, 0.05) is 13.5 Å². The molecule has 0 aromatic heterocycles. The van der Waals surface area contributed by atoms with E-state index < -0.39 is 174 Å². The summed E-state index contributed by atoms with van der Waals surface area (Å²) < 4.78 is 97.2. The summed E-state index contributed by atoms with van der Waals surface area (Å²) in [6, 6.07) is 0. The number of carbonyl (C=O) groups excluding carboxylic acids is 2. The largest absolute Gasteiger partial charge is 1.00 e. The Kier molecular flexibility index (Phi) is 19.8. The molecular formula is C54H83NaO25S. The maximum Gasteiger partial charge on any atom is 1.00 e. The van der Waals surface area contributed by atoms with Crippen molar-refractivity contribution in [3.8, 4) is 0 Å². The fraction of sp³-hybridized carbons (Fsp3) is 0.889. The van der Waals surface area contributed by atoms with Gasteiger partial charge in [0.2, 0.25) is 10.4 Å². The van der Waals surface area contributed by atoms with E-state index >= 15 is 0 Å². The summed E-state index contributed by atoms with van der Waals surface area (Å²) in [5.41, 5.74) is -1.06. The van der Waals surface area contributed by atoms with Crippen LogP contribution in [0.25, 0.3) is 0 Å². The number of ether oxygens (including phenoxy) is 10. The van der Waals surface area contributed by atoms with Crippen molar-refractivity contribution in [3.05, 3.63) is 23.8 Å². The smallest absolute Gasteiger partial charge is 0.726 e. The SMILES string of the molecule is C=C(C)CCC[C@]1(C)OC(=O)C23CC=C4C(CCC5C(C)(C)C(OC6OCC(O)C(O)C6OC6OC(C)C(OC7OC(CO)C(O)C(OC8OC(COS(=O)(=O)[O-])C(O)C(OC)C8O)C7O)C(O)C6O)CC[C@]45C)[C@]2(C)CC(=O)C31.[Na+]. The molecule has 24 unspecified atom stereocenters. The predicted molar refractivity (Wildman–Crippen MR) is 269 cm³/mol. The van der Waals surface area contributed by atoms with Gasteiger partial charge in [-0.25, -0.2) is 8.42 Å². The van der Waals surface area contributed by atoms with Crippen molar-refractivity contribution in [2.75, 3.05) is 26.9 Å². The van der Waals surface area contributed by atoms with Gasteiger partial charge in [0.1, 0.15) is 96.8 Å². The molecule has 25 nitrogen and oxygen atoms in total. The van der Waals surface area contributed by atoms with Gasteiger partial charge in [-0.05, 0) is 100 Å². The summed E-state index contributed by atoms with van der Waals surface area (Å²) in [5, 5.41) is 100. The number of carbonyl (C=O) groups is 2. The summed E-state index contributed by atoms with van der Waals surface area (Å²) >= 11 is 0. The maximum absolute atomic E-state index is 14.4. The third-order valence-electron chi connectivity index (χ3n) is 20.1. The van der Waals surface area contributed by atoms with Gasteiger partial charge in [-0.1, -0.05) is 44.9 Å². The van der Waals surface area contributed by atoms with E-state index in [-0.39, 0.29) is 65.2 Å². The molecule has 4 aliphatic carbocycles. The fourth-order valence-corrected chi connectivity index (χ4v) is 16.3. The third-order valence-corrected chi connectivity index (χ3v) is 20.5. The number of aliphatic hydroxyl groups excluding tert-OH is 9. The molecule has 0 radical (unpaired) electrons. The Morgan fingerprint density at radius 3 is 2.04 bits per heavy atom. The van der Waals surface area contributed by atoms with Crippen molar-refractivity contribution in [1.82, 2.24) is 0 Å².